The number of unbranched alkanes of at least 4 members (excludes halogenated alkanes) is 11. The van der Waals surface area contributed by atoms with Crippen molar-refractivity contribution in [3.8, 4) is 0 Å². The summed E-state index contributed by atoms with van der Waals surface area (Å²) < 4.78 is 35.8. The average Bonchev–Trinajstić information content (AvgIpc) is 2.65. The van der Waals surface area contributed by atoms with Crippen molar-refractivity contribution in [2.75, 3.05) is 6.54 Å². The molecule has 0 spiro atoms. The molecule has 0 amide bonds. The second-order valence-corrected chi connectivity index (χ2v) is 9.04. The van der Waals surface area contributed by atoms with Gasteiger partial charge in [0.1, 0.15) is 0 Å². The van der Waals surface area contributed by atoms with Gasteiger partial charge in [0.15, 0.2) is 0 Å². The Balaban J connectivity index is 0. The van der Waals surface area contributed by atoms with Crippen LogP contribution in [0.1, 0.15) is 123 Å². The Kier molecular flexibility index (Phi) is 24.4. The third kappa shape index (κ3) is 24.6. The van der Waals surface area contributed by atoms with E-state index in [1.807, 2.05) is 0 Å². The van der Waals surface area contributed by atoms with E-state index in [9.17, 15) is 13.5 Å². The largest absolute Gasteiger partial charge is 1.00 e. The van der Waals surface area contributed by atoms with Crippen LogP contribution >= 0.6 is 0 Å². The zero-order valence-corrected chi connectivity index (χ0v) is 22.6. The Hall–Kier alpha value is 0.340. The molecule has 174 valence electrons. The fourth-order valence-electron chi connectivity index (χ4n) is 3.36. The Morgan fingerprint density at radius 2 is 1.30 bits per heavy atom. The standard InChI is InChI=1S/C22H45NO5S.Na/c1-3-5-7-14-17-21(28-29(25,26)27)18-15-12-10-8-9-11-13-16-19-22(24)23-20-6-4-2;/h21H,3-20H2,1-2H3,(H,23,24)(H,25,26,27);/q;+1/p-1. The topological polar surface area (TPSA) is 99.0 Å². The quantitative estimate of drug-likeness (QED) is 0.0939. The summed E-state index contributed by atoms with van der Waals surface area (Å²) in [6, 6.07) is 0. The maximum absolute atomic E-state index is 11.5. The number of aliphatic imine (C=N–C) groups is 1. The van der Waals surface area contributed by atoms with E-state index in [4.69, 9.17) is 8.74 Å². The molecule has 0 aromatic carbocycles. The molecule has 0 saturated carbocycles. The van der Waals surface area contributed by atoms with Crippen LogP contribution in [-0.2, 0) is 14.6 Å². The van der Waals surface area contributed by atoms with E-state index in [0.29, 0.717) is 25.8 Å². The van der Waals surface area contributed by atoms with Gasteiger partial charge in [0, 0.05) is 6.54 Å². The Bertz CT molecular complexity index is 500. The molecule has 0 heterocycles. The molecule has 0 bridgehead atoms. The van der Waals surface area contributed by atoms with E-state index in [-0.39, 0.29) is 35.5 Å². The Labute approximate surface area is 207 Å². The number of nitrogens with zero attached hydrogens (tertiary/aromatic N) is 1. The molecule has 0 aromatic rings. The van der Waals surface area contributed by atoms with Crippen molar-refractivity contribution in [3.63, 3.8) is 0 Å². The van der Waals surface area contributed by atoms with Crippen molar-refractivity contribution in [3.05, 3.63) is 0 Å². The molecular formula is C22H44NNaO5S. The maximum atomic E-state index is 11.5. The maximum Gasteiger partial charge on any atom is 1.00 e. The van der Waals surface area contributed by atoms with Gasteiger partial charge in [-0.25, -0.2) is 4.18 Å². The van der Waals surface area contributed by atoms with Gasteiger partial charge < -0.3 is 10.1 Å². The second kappa shape index (κ2) is 22.5. The van der Waals surface area contributed by atoms with E-state index in [1.54, 1.807) is 0 Å². The summed E-state index contributed by atoms with van der Waals surface area (Å²) in [4.78, 5) is 4.04. The number of hydrogen-bond acceptors (Lipinski definition) is 5. The summed E-state index contributed by atoms with van der Waals surface area (Å²) in [7, 11) is -4.37. The molecule has 0 aliphatic heterocycles. The molecule has 30 heavy (non-hydrogen) atoms. The summed E-state index contributed by atoms with van der Waals surface area (Å²) in [6.07, 6.45) is 16.5. The summed E-state index contributed by atoms with van der Waals surface area (Å²) in [5.74, 6) is 0.0508. The van der Waals surface area contributed by atoms with E-state index in [0.717, 1.165) is 83.5 Å². The van der Waals surface area contributed by atoms with E-state index in [2.05, 4.69) is 18.8 Å². The van der Waals surface area contributed by atoms with Gasteiger partial charge in [-0.1, -0.05) is 90.9 Å². The van der Waals surface area contributed by atoms with Gasteiger partial charge in [-0.3, -0.25) is 4.55 Å². The molecule has 0 aromatic heterocycles. The van der Waals surface area contributed by atoms with Crippen molar-refractivity contribution in [1.82, 2.24) is 0 Å². The van der Waals surface area contributed by atoms with Gasteiger partial charge in [-0.05, 0) is 38.0 Å². The summed E-state index contributed by atoms with van der Waals surface area (Å²) >= 11 is 0. The molecule has 0 rings (SSSR count). The van der Waals surface area contributed by atoms with Crippen LogP contribution in [0.5, 0.6) is 0 Å². The van der Waals surface area contributed by atoms with Gasteiger partial charge in [-0.15, -0.1) is 0 Å². The van der Waals surface area contributed by atoms with Gasteiger partial charge in [0.2, 0.25) is 0 Å². The van der Waals surface area contributed by atoms with Crippen molar-refractivity contribution < 1.29 is 51.8 Å². The van der Waals surface area contributed by atoms with Crippen molar-refractivity contribution in [2.45, 2.75) is 129 Å². The average molecular weight is 458 g/mol. The molecule has 0 aliphatic rings. The minimum atomic E-state index is -4.37. The predicted octanol–water partition coefficient (Wildman–Crippen LogP) is 2.61. The first kappa shape index (κ1) is 32.5. The molecule has 1 N–H and O–H groups in total. The minimum Gasteiger partial charge on any atom is -0.862 e. The first-order valence-electron chi connectivity index (χ1n) is 11.7. The summed E-state index contributed by atoms with van der Waals surface area (Å²) in [6.45, 7) is 4.90. The molecule has 6 nitrogen and oxygen atoms in total. The smallest absolute Gasteiger partial charge is 0.862 e. The fraction of sp³-hybridized carbons (Fsp3) is 0.955. The van der Waals surface area contributed by atoms with E-state index in [1.165, 1.54) is 6.42 Å². The van der Waals surface area contributed by atoms with Crippen LogP contribution in [0.3, 0.4) is 0 Å². The first-order valence-corrected chi connectivity index (χ1v) is 13.1. The second-order valence-electron chi connectivity index (χ2n) is 7.99. The molecule has 1 unspecified atom stereocenters. The zero-order valence-electron chi connectivity index (χ0n) is 19.7. The van der Waals surface area contributed by atoms with Crippen molar-refractivity contribution in [1.29, 1.82) is 0 Å². The fourth-order valence-corrected chi connectivity index (χ4v) is 3.90. The minimum absolute atomic E-state index is 0. The Morgan fingerprint density at radius 1 is 0.833 bits per heavy atom. The molecular weight excluding hydrogens is 413 g/mol. The number of hydrogen-bond donors (Lipinski definition) is 1. The van der Waals surface area contributed by atoms with Crippen molar-refractivity contribution in [2.24, 2.45) is 4.99 Å². The Morgan fingerprint density at radius 3 is 1.80 bits per heavy atom. The van der Waals surface area contributed by atoms with Gasteiger partial charge in [-0.2, -0.15) is 8.42 Å². The van der Waals surface area contributed by atoms with Crippen LogP contribution in [0, 0.1) is 0 Å². The normalized spacial score (nSPS) is 13.2. The summed E-state index contributed by atoms with van der Waals surface area (Å²) in [5, 5.41) is 11.5. The molecule has 0 fully saturated rings. The van der Waals surface area contributed by atoms with Crippen LogP contribution in [-0.4, -0.2) is 31.5 Å². The third-order valence-corrected chi connectivity index (χ3v) is 5.62. The SMILES string of the molecule is CCCCCCC(CCCCCCCCCCC([O-])=NCCCC)OS(=O)(=O)O.[Na+]. The molecule has 0 saturated heterocycles. The number of rotatable bonds is 21. The van der Waals surface area contributed by atoms with Gasteiger partial charge >= 0.3 is 40.0 Å². The molecule has 1 atom stereocenters. The zero-order chi connectivity index (χ0) is 21.8. The van der Waals surface area contributed by atoms with E-state index < -0.39 is 16.5 Å². The van der Waals surface area contributed by atoms with Crippen LogP contribution < -0.4 is 34.7 Å². The van der Waals surface area contributed by atoms with Crippen LogP contribution in [0.4, 0.5) is 0 Å². The third-order valence-electron chi connectivity index (χ3n) is 5.10. The molecule has 0 aliphatic carbocycles. The summed E-state index contributed by atoms with van der Waals surface area (Å²) in [5.41, 5.74) is 0. The predicted molar refractivity (Wildman–Crippen MR) is 119 cm³/mol. The van der Waals surface area contributed by atoms with Crippen molar-refractivity contribution >= 4 is 16.3 Å². The monoisotopic (exact) mass is 457 g/mol. The van der Waals surface area contributed by atoms with Gasteiger partial charge in [0.05, 0.1) is 6.10 Å². The first-order chi connectivity index (χ1) is 13.9. The van der Waals surface area contributed by atoms with Gasteiger partial charge in [0.25, 0.3) is 0 Å². The molecule has 0 radical (unpaired) electrons. The molecule has 8 heteroatoms. The van der Waals surface area contributed by atoms with Crippen LogP contribution in [0.15, 0.2) is 4.99 Å². The van der Waals surface area contributed by atoms with Crippen LogP contribution in [0.25, 0.3) is 0 Å². The van der Waals surface area contributed by atoms with E-state index >= 15 is 0 Å². The van der Waals surface area contributed by atoms with Crippen LogP contribution in [0.2, 0.25) is 0 Å².